The number of nitrogens with one attached hydrogen (secondary N) is 2. The van der Waals surface area contributed by atoms with Gasteiger partial charge >= 0.3 is 6.03 Å². The third-order valence-electron chi connectivity index (χ3n) is 6.03. The number of para-hydroxylation sites is 2. The van der Waals surface area contributed by atoms with E-state index in [-0.39, 0.29) is 17.9 Å². The fraction of sp³-hybridized carbons (Fsp3) is 0.550. The minimum atomic E-state index is -0.783. The molecule has 0 radical (unpaired) electrons. The number of fused-ring (bicyclic) bond motifs is 1. The van der Waals surface area contributed by atoms with Crippen LogP contribution in [0.3, 0.4) is 0 Å². The van der Waals surface area contributed by atoms with Gasteiger partial charge in [-0.25, -0.2) is 9.78 Å². The van der Waals surface area contributed by atoms with Crippen molar-refractivity contribution in [1.82, 2.24) is 25.1 Å². The number of carbonyl (C=O) groups is 2. The van der Waals surface area contributed by atoms with E-state index in [0.29, 0.717) is 6.04 Å². The third kappa shape index (κ3) is 3.10. The van der Waals surface area contributed by atoms with Gasteiger partial charge in [0.1, 0.15) is 11.4 Å². The molecule has 1 aromatic carbocycles. The van der Waals surface area contributed by atoms with E-state index in [4.69, 9.17) is 4.98 Å². The van der Waals surface area contributed by atoms with Crippen molar-refractivity contribution in [3.05, 3.63) is 30.1 Å². The van der Waals surface area contributed by atoms with Crippen LogP contribution in [0.25, 0.3) is 11.0 Å². The van der Waals surface area contributed by atoms with Gasteiger partial charge in [-0.2, -0.15) is 0 Å². The third-order valence-corrected chi connectivity index (χ3v) is 6.03. The molecular formula is C20H27N5O2. The Morgan fingerprint density at radius 1 is 1.22 bits per heavy atom. The van der Waals surface area contributed by atoms with E-state index in [9.17, 15) is 9.59 Å². The smallest absolute Gasteiger partial charge is 0.322 e. The molecule has 0 unspecified atom stereocenters. The Morgan fingerprint density at radius 2 is 1.93 bits per heavy atom. The van der Waals surface area contributed by atoms with Gasteiger partial charge in [0.05, 0.1) is 17.6 Å². The van der Waals surface area contributed by atoms with Crippen molar-refractivity contribution >= 4 is 23.0 Å². The van der Waals surface area contributed by atoms with Crippen molar-refractivity contribution < 1.29 is 9.59 Å². The largest absolute Gasteiger partial charge is 0.324 e. The zero-order chi connectivity index (χ0) is 19.2. The maximum absolute atomic E-state index is 12.2. The van der Waals surface area contributed by atoms with Gasteiger partial charge in [-0.3, -0.25) is 15.0 Å². The van der Waals surface area contributed by atoms with Crippen LogP contribution in [0.5, 0.6) is 0 Å². The molecule has 144 valence electrons. The minimum absolute atomic E-state index is 0.157. The Hall–Kier alpha value is -2.41. The molecule has 1 atom stereocenters. The fourth-order valence-corrected chi connectivity index (χ4v) is 4.49. The molecule has 2 fully saturated rings. The van der Waals surface area contributed by atoms with Gasteiger partial charge in [-0.1, -0.05) is 12.1 Å². The van der Waals surface area contributed by atoms with Crippen molar-refractivity contribution in [2.75, 3.05) is 13.1 Å². The molecular weight excluding hydrogens is 342 g/mol. The van der Waals surface area contributed by atoms with Crippen LogP contribution in [-0.2, 0) is 11.3 Å². The number of urea groups is 1. The lowest BCUT2D eigenvalue weighted by Crippen LogP contribution is -2.53. The van der Waals surface area contributed by atoms with Gasteiger partial charge in [0, 0.05) is 6.04 Å². The van der Waals surface area contributed by atoms with Crippen LogP contribution in [-0.4, -0.2) is 45.0 Å². The first-order valence-corrected chi connectivity index (χ1v) is 9.70. The zero-order valence-corrected chi connectivity index (χ0v) is 16.2. The molecule has 1 aromatic heterocycles. The molecule has 4 rings (SSSR count). The van der Waals surface area contributed by atoms with E-state index >= 15 is 0 Å². The maximum Gasteiger partial charge on any atom is 0.322 e. The Bertz CT molecular complexity index is 882. The summed E-state index contributed by atoms with van der Waals surface area (Å²) in [7, 11) is 0. The Morgan fingerprint density at radius 3 is 2.56 bits per heavy atom. The van der Waals surface area contributed by atoms with Crippen LogP contribution < -0.4 is 10.6 Å². The number of imide groups is 1. The highest BCUT2D eigenvalue weighted by atomic mass is 16.2. The topological polar surface area (TPSA) is 79.3 Å². The minimum Gasteiger partial charge on any atom is -0.324 e. The van der Waals surface area contributed by atoms with Gasteiger partial charge in [-0.15, -0.1) is 0 Å². The van der Waals surface area contributed by atoms with E-state index < -0.39 is 5.54 Å². The molecule has 7 nitrogen and oxygen atoms in total. The lowest BCUT2D eigenvalue weighted by atomic mass is 9.79. The van der Waals surface area contributed by atoms with Gasteiger partial charge in [0.2, 0.25) is 0 Å². The number of nitrogens with zero attached hydrogens (tertiary/aromatic N) is 3. The summed E-state index contributed by atoms with van der Waals surface area (Å²) >= 11 is 0. The van der Waals surface area contributed by atoms with Crippen molar-refractivity contribution in [2.45, 2.75) is 51.7 Å². The SMILES string of the molecule is CC(C)n1c(CN2CCC([C@@]3(C)NC(=O)NC3=O)CC2)nc2ccccc21. The summed E-state index contributed by atoms with van der Waals surface area (Å²) in [5.74, 6) is 1.04. The number of benzene rings is 1. The van der Waals surface area contributed by atoms with Crippen molar-refractivity contribution in [1.29, 1.82) is 0 Å². The summed E-state index contributed by atoms with van der Waals surface area (Å²) < 4.78 is 2.31. The van der Waals surface area contributed by atoms with Crippen molar-refractivity contribution in [3.8, 4) is 0 Å². The molecule has 7 heteroatoms. The zero-order valence-electron chi connectivity index (χ0n) is 16.2. The number of likely N-dealkylation sites (tertiary alicyclic amines) is 1. The summed E-state index contributed by atoms with van der Waals surface area (Å²) in [6, 6.07) is 8.24. The molecule has 27 heavy (non-hydrogen) atoms. The number of carbonyl (C=O) groups excluding carboxylic acids is 2. The van der Waals surface area contributed by atoms with Crippen molar-refractivity contribution in [3.63, 3.8) is 0 Å². The average molecular weight is 369 g/mol. The average Bonchev–Trinajstić information content (AvgIpc) is 3.12. The van der Waals surface area contributed by atoms with Gasteiger partial charge in [0.25, 0.3) is 5.91 Å². The summed E-state index contributed by atoms with van der Waals surface area (Å²) in [5, 5.41) is 5.20. The first-order valence-electron chi connectivity index (χ1n) is 9.70. The standard InChI is InChI=1S/C20H27N5O2/c1-13(2)25-16-7-5-4-6-15(16)21-17(25)12-24-10-8-14(9-11-24)20(3)18(26)22-19(27)23-20/h4-7,13-14H,8-12H2,1-3H3,(H2,22,23,26,27)/t20-/m1/s1. The molecule has 0 spiro atoms. The first-order chi connectivity index (χ1) is 12.9. The second-order valence-corrected chi connectivity index (χ2v) is 8.14. The molecule has 2 aromatic rings. The maximum atomic E-state index is 12.2. The van der Waals surface area contributed by atoms with Crippen molar-refractivity contribution in [2.24, 2.45) is 5.92 Å². The Labute approximate surface area is 159 Å². The van der Waals surface area contributed by atoms with Gasteiger partial charge in [0.15, 0.2) is 0 Å². The summed E-state index contributed by atoms with van der Waals surface area (Å²) in [6.45, 7) is 8.80. The predicted molar refractivity (Wildman–Crippen MR) is 103 cm³/mol. The molecule has 2 saturated heterocycles. The molecule has 0 bridgehead atoms. The molecule has 0 saturated carbocycles. The van der Waals surface area contributed by atoms with Gasteiger partial charge < -0.3 is 9.88 Å². The monoisotopic (exact) mass is 369 g/mol. The molecule has 2 aliphatic rings. The van der Waals surface area contributed by atoms with E-state index in [2.05, 4.69) is 52.1 Å². The highest BCUT2D eigenvalue weighted by molar-refractivity contribution is 6.06. The van der Waals surface area contributed by atoms with Crippen LogP contribution >= 0.6 is 0 Å². The molecule has 3 heterocycles. The summed E-state index contributed by atoms with van der Waals surface area (Å²) in [6.07, 6.45) is 1.76. The Balaban J connectivity index is 1.47. The summed E-state index contributed by atoms with van der Waals surface area (Å²) in [4.78, 5) is 31.0. The lowest BCUT2D eigenvalue weighted by Gasteiger charge is -2.38. The predicted octanol–water partition coefficient (Wildman–Crippen LogP) is 2.43. The number of hydrogen-bond donors (Lipinski definition) is 2. The lowest BCUT2D eigenvalue weighted by molar-refractivity contribution is -0.125. The van der Waals surface area contributed by atoms with Crippen LogP contribution in [0.15, 0.2) is 24.3 Å². The van der Waals surface area contributed by atoms with E-state index in [0.717, 1.165) is 43.8 Å². The number of aromatic nitrogens is 2. The fourth-order valence-electron chi connectivity index (χ4n) is 4.49. The first kappa shape index (κ1) is 18.0. The number of piperidine rings is 1. The van der Waals surface area contributed by atoms with Crippen LogP contribution in [0, 0.1) is 5.92 Å². The number of amides is 3. The second kappa shape index (κ2) is 6.64. The van der Waals surface area contributed by atoms with Gasteiger partial charge in [-0.05, 0) is 64.8 Å². The molecule has 2 N–H and O–H groups in total. The van der Waals surface area contributed by atoms with E-state index in [1.165, 1.54) is 5.52 Å². The highest BCUT2D eigenvalue weighted by Gasteiger charge is 2.48. The molecule has 2 aliphatic heterocycles. The molecule has 0 aliphatic carbocycles. The van der Waals surface area contributed by atoms with Crippen LogP contribution in [0.4, 0.5) is 4.79 Å². The number of rotatable bonds is 4. The number of imidazole rings is 1. The number of hydrogen-bond acceptors (Lipinski definition) is 4. The normalized spacial score (nSPS) is 24.6. The van der Waals surface area contributed by atoms with E-state index in [1.807, 2.05) is 13.0 Å². The van der Waals surface area contributed by atoms with Crippen LogP contribution in [0.1, 0.15) is 45.5 Å². The molecule has 3 amide bonds. The quantitative estimate of drug-likeness (QED) is 0.812. The second-order valence-electron chi connectivity index (χ2n) is 8.14. The van der Waals surface area contributed by atoms with Crippen LogP contribution in [0.2, 0.25) is 0 Å². The highest BCUT2D eigenvalue weighted by Crippen LogP contribution is 2.31. The summed E-state index contributed by atoms with van der Waals surface area (Å²) in [5.41, 5.74) is 1.43. The Kier molecular flexibility index (Phi) is 4.42. The van der Waals surface area contributed by atoms with E-state index in [1.54, 1.807) is 0 Å².